The average Bonchev–Trinajstić information content (AvgIpc) is 2.77. The fourth-order valence-electron chi connectivity index (χ4n) is 3.81. The first-order chi connectivity index (χ1) is 14.8. The Balaban J connectivity index is 1.65. The van der Waals surface area contributed by atoms with E-state index in [-0.39, 0.29) is 40.6 Å². The van der Waals surface area contributed by atoms with Crippen molar-refractivity contribution in [1.82, 2.24) is 0 Å². The highest BCUT2D eigenvalue weighted by Gasteiger charge is 2.45. The van der Waals surface area contributed by atoms with Gasteiger partial charge in [-0.2, -0.15) is 0 Å². The smallest absolute Gasteiger partial charge is 0.229 e. The molecule has 2 aliphatic heterocycles. The van der Waals surface area contributed by atoms with E-state index in [1.807, 2.05) is 30.3 Å². The number of ether oxygens (including phenoxy) is 3. The minimum atomic E-state index is -1.62. The maximum Gasteiger partial charge on any atom is 0.229 e. The molecule has 9 nitrogen and oxygen atoms in total. The summed E-state index contributed by atoms with van der Waals surface area (Å²) in [6.45, 7) is 0.918. The van der Waals surface area contributed by atoms with Crippen LogP contribution < -0.4 is 9.47 Å². The first-order valence-electron chi connectivity index (χ1n) is 9.90. The van der Waals surface area contributed by atoms with E-state index in [1.54, 1.807) is 0 Å². The summed E-state index contributed by atoms with van der Waals surface area (Å²) in [5.74, 6) is -0.418. The molecule has 2 aromatic rings. The van der Waals surface area contributed by atoms with Gasteiger partial charge in [-0.15, -0.1) is 0 Å². The number of hydrogen-bond acceptors (Lipinski definition) is 9. The van der Waals surface area contributed by atoms with Crippen molar-refractivity contribution in [2.24, 2.45) is 0 Å². The Hall–Kier alpha value is -2.69. The number of aliphatic hydroxyl groups is 4. The lowest BCUT2D eigenvalue weighted by Crippen LogP contribution is -2.60. The number of aliphatic hydroxyl groups excluding tert-OH is 4. The van der Waals surface area contributed by atoms with Gasteiger partial charge in [0.15, 0.2) is 5.78 Å². The highest BCUT2D eigenvalue weighted by Crippen LogP contribution is 2.45. The molecule has 2 aliphatic rings. The molecule has 166 valence electrons. The Morgan fingerprint density at radius 3 is 2.48 bits per heavy atom. The van der Waals surface area contributed by atoms with Gasteiger partial charge in [0, 0.05) is 11.6 Å². The van der Waals surface area contributed by atoms with E-state index in [0.29, 0.717) is 0 Å². The minimum Gasteiger partial charge on any atom is -0.507 e. The van der Waals surface area contributed by atoms with Gasteiger partial charge in [0.2, 0.25) is 6.29 Å². The largest absolute Gasteiger partial charge is 0.507 e. The van der Waals surface area contributed by atoms with Crippen LogP contribution in [-0.4, -0.2) is 68.6 Å². The van der Waals surface area contributed by atoms with Gasteiger partial charge < -0.3 is 39.7 Å². The Kier molecular flexibility index (Phi) is 5.87. The van der Waals surface area contributed by atoms with Crippen molar-refractivity contribution in [3.8, 4) is 17.2 Å². The highest BCUT2D eigenvalue weighted by molar-refractivity contribution is 6.03. The molecule has 5 N–H and O–H groups in total. The normalized spacial score (nSPS) is 30.4. The first-order valence-corrected chi connectivity index (χ1v) is 9.90. The van der Waals surface area contributed by atoms with Gasteiger partial charge in [0.1, 0.15) is 53.3 Å². The van der Waals surface area contributed by atoms with E-state index < -0.39 is 43.4 Å². The van der Waals surface area contributed by atoms with E-state index in [1.165, 1.54) is 13.0 Å². The third-order valence-electron chi connectivity index (χ3n) is 5.65. The van der Waals surface area contributed by atoms with Gasteiger partial charge in [0.25, 0.3) is 0 Å². The van der Waals surface area contributed by atoms with Crippen LogP contribution >= 0.6 is 0 Å². The fraction of sp³-hybridized carbons (Fsp3) is 0.409. The van der Waals surface area contributed by atoms with Crippen molar-refractivity contribution in [2.75, 3.05) is 6.61 Å². The molecule has 0 radical (unpaired) electrons. The number of phenolic OH excluding ortho intramolecular Hbond substituents is 1. The molecule has 0 aromatic heterocycles. The highest BCUT2D eigenvalue weighted by atomic mass is 16.7. The third-order valence-corrected chi connectivity index (χ3v) is 5.65. The van der Waals surface area contributed by atoms with E-state index >= 15 is 0 Å². The van der Waals surface area contributed by atoms with Crippen molar-refractivity contribution in [2.45, 2.75) is 50.2 Å². The lowest BCUT2D eigenvalue weighted by atomic mass is 9.94. The maximum absolute atomic E-state index is 12.7. The second kappa shape index (κ2) is 8.45. The van der Waals surface area contributed by atoms with Crippen molar-refractivity contribution in [3.05, 3.63) is 53.1 Å². The molecule has 4 rings (SSSR count). The Morgan fingerprint density at radius 1 is 1.10 bits per heavy atom. The predicted octanol–water partition coefficient (Wildman–Crippen LogP) is 0.586. The first kappa shape index (κ1) is 21.5. The zero-order chi connectivity index (χ0) is 22.3. The number of rotatable bonds is 4. The SMILES string of the molecule is Cc1c(O[C@H]2O[C@@H](CO)[C@H](O)[C@H](O)[C@@H]2O)cc2c(c1O)C(=O)C[C@@H](c1ccccc1)O2. The van der Waals surface area contributed by atoms with Gasteiger partial charge in [-0.3, -0.25) is 4.79 Å². The van der Waals surface area contributed by atoms with Crippen LogP contribution in [0.2, 0.25) is 0 Å². The number of carbonyl (C=O) groups is 1. The summed E-state index contributed by atoms with van der Waals surface area (Å²) in [5, 5.41) is 50.1. The van der Waals surface area contributed by atoms with Crippen molar-refractivity contribution in [3.63, 3.8) is 0 Å². The molecule has 0 saturated carbocycles. The van der Waals surface area contributed by atoms with Gasteiger partial charge in [0.05, 0.1) is 13.0 Å². The summed E-state index contributed by atoms with van der Waals surface area (Å²) in [6.07, 6.45) is -7.80. The standard InChI is InChI=1S/C22H24O9/c1-10-13(30-22-21(28)20(27)19(26)16(9-23)31-22)8-15-17(18(10)25)12(24)7-14(29-15)11-5-3-2-4-6-11/h2-6,8,14,16,19-23,25-28H,7,9H2,1H3/t14-,16-,19-,20-,21-,22-/m0/s1. The molecule has 31 heavy (non-hydrogen) atoms. The summed E-state index contributed by atoms with van der Waals surface area (Å²) < 4.78 is 17.0. The van der Waals surface area contributed by atoms with E-state index in [2.05, 4.69) is 0 Å². The lowest BCUT2D eigenvalue weighted by molar-refractivity contribution is -0.277. The van der Waals surface area contributed by atoms with E-state index in [4.69, 9.17) is 14.2 Å². The number of benzene rings is 2. The molecule has 1 saturated heterocycles. The molecule has 0 spiro atoms. The second-order valence-electron chi connectivity index (χ2n) is 7.68. The van der Waals surface area contributed by atoms with Crippen LogP contribution in [0, 0.1) is 6.92 Å². The number of Topliss-reactive ketones (excluding diaryl/α,β-unsaturated/α-hetero) is 1. The van der Waals surface area contributed by atoms with E-state index in [0.717, 1.165) is 5.56 Å². The second-order valence-corrected chi connectivity index (χ2v) is 7.68. The van der Waals surface area contributed by atoms with Crippen LogP contribution in [-0.2, 0) is 4.74 Å². The van der Waals surface area contributed by atoms with Crippen molar-refractivity contribution in [1.29, 1.82) is 0 Å². The minimum absolute atomic E-state index is 0.0471. The number of hydrogen-bond donors (Lipinski definition) is 5. The summed E-state index contributed by atoms with van der Waals surface area (Å²) in [6, 6.07) is 10.6. The molecule has 1 fully saturated rings. The monoisotopic (exact) mass is 432 g/mol. The van der Waals surface area contributed by atoms with Gasteiger partial charge in [-0.25, -0.2) is 0 Å². The summed E-state index contributed by atoms with van der Waals surface area (Å²) in [5.41, 5.74) is 1.06. The number of fused-ring (bicyclic) bond motifs is 1. The van der Waals surface area contributed by atoms with Crippen molar-refractivity contribution < 1.29 is 44.5 Å². The predicted molar refractivity (Wildman–Crippen MR) is 106 cm³/mol. The maximum atomic E-state index is 12.7. The van der Waals surface area contributed by atoms with Gasteiger partial charge in [-0.05, 0) is 12.5 Å². The number of aromatic hydroxyl groups is 1. The van der Waals surface area contributed by atoms with Crippen LogP contribution in [0.25, 0.3) is 0 Å². The molecule has 0 bridgehead atoms. The molecule has 0 aliphatic carbocycles. The fourth-order valence-corrected chi connectivity index (χ4v) is 3.81. The van der Waals surface area contributed by atoms with Crippen LogP contribution in [0.5, 0.6) is 17.2 Å². The molecule has 0 amide bonds. The number of ketones is 1. The van der Waals surface area contributed by atoms with Crippen LogP contribution in [0.3, 0.4) is 0 Å². The number of phenols is 1. The zero-order valence-electron chi connectivity index (χ0n) is 16.7. The van der Waals surface area contributed by atoms with Crippen LogP contribution in [0.1, 0.15) is 34.0 Å². The third kappa shape index (κ3) is 3.86. The molecular weight excluding hydrogens is 408 g/mol. The molecule has 9 heteroatoms. The molecular formula is C22H24O9. The lowest BCUT2D eigenvalue weighted by Gasteiger charge is -2.39. The zero-order valence-corrected chi connectivity index (χ0v) is 16.7. The molecule has 2 aromatic carbocycles. The summed E-state index contributed by atoms with van der Waals surface area (Å²) in [4.78, 5) is 12.7. The Morgan fingerprint density at radius 2 is 1.81 bits per heavy atom. The van der Waals surface area contributed by atoms with Gasteiger partial charge in [-0.1, -0.05) is 30.3 Å². The Labute approximate surface area is 178 Å². The topological polar surface area (TPSA) is 146 Å². The van der Waals surface area contributed by atoms with Gasteiger partial charge >= 0.3 is 0 Å². The quantitative estimate of drug-likeness (QED) is 0.468. The molecule has 2 heterocycles. The van der Waals surface area contributed by atoms with E-state index in [9.17, 15) is 30.3 Å². The summed E-state index contributed by atoms with van der Waals surface area (Å²) >= 11 is 0. The van der Waals surface area contributed by atoms with Crippen molar-refractivity contribution >= 4 is 5.78 Å². The summed E-state index contributed by atoms with van der Waals surface area (Å²) in [7, 11) is 0. The molecule has 6 atom stereocenters. The number of carbonyl (C=O) groups excluding carboxylic acids is 1. The van der Waals surface area contributed by atoms with Crippen LogP contribution in [0.4, 0.5) is 0 Å². The van der Waals surface area contributed by atoms with Crippen LogP contribution in [0.15, 0.2) is 36.4 Å². The average molecular weight is 432 g/mol. The molecule has 0 unspecified atom stereocenters. The Bertz CT molecular complexity index is 959.